The monoisotopic (exact) mass is 459 g/mol. The lowest BCUT2D eigenvalue weighted by Crippen LogP contribution is -2.34. The van der Waals surface area contributed by atoms with Crippen molar-refractivity contribution >= 4 is 0 Å². The van der Waals surface area contributed by atoms with Crippen molar-refractivity contribution in [2.45, 2.75) is 31.9 Å². The van der Waals surface area contributed by atoms with Crippen LogP contribution in [0.2, 0.25) is 0 Å². The number of ether oxygens (including phenoxy) is 1. The predicted octanol–water partition coefficient (Wildman–Crippen LogP) is 4.80. The van der Waals surface area contributed by atoms with Crippen molar-refractivity contribution in [3.8, 4) is 17.1 Å². The van der Waals surface area contributed by atoms with E-state index in [0.717, 1.165) is 17.0 Å². The number of aromatic amines is 1. The number of hydrogen-bond donors (Lipinski definition) is 1. The van der Waals surface area contributed by atoms with Crippen LogP contribution < -0.4 is 4.74 Å². The standard InChI is InChI=1S/C22H17F4N5O2/c23-15-5-1-13(2-6-15)10-31-11-18-17(27-12-28-18)9-19(31)21-29-20(30-33-21)14-3-7-16(8-4-14)32-22(24,25)26/h1-8,12,19H,9-11H2,(H,27,28)/t19-/m0/s1. The van der Waals surface area contributed by atoms with Gasteiger partial charge in [-0.1, -0.05) is 17.3 Å². The largest absolute Gasteiger partial charge is 0.573 e. The van der Waals surface area contributed by atoms with Crippen LogP contribution in [0.15, 0.2) is 59.4 Å². The summed E-state index contributed by atoms with van der Waals surface area (Å²) < 4.78 is 59.9. The predicted molar refractivity (Wildman–Crippen MR) is 107 cm³/mol. The van der Waals surface area contributed by atoms with Gasteiger partial charge in [-0.05, 0) is 42.0 Å². The fourth-order valence-corrected chi connectivity index (χ4v) is 3.82. The van der Waals surface area contributed by atoms with E-state index in [2.05, 4.69) is 29.7 Å². The topological polar surface area (TPSA) is 80.1 Å². The van der Waals surface area contributed by atoms with Crippen LogP contribution in [0.4, 0.5) is 17.6 Å². The summed E-state index contributed by atoms with van der Waals surface area (Å²) >= 11 is 0. The molecule has 2 aromatic heterocycles. The molecule has 1 N–H and O–H groups in total. The second-order valence-corrected chi connectivity index (χ2v) is 7.61. The Morgan fingerprint density at radius 2 is 1.85 bits per heavy atom. The van der Waals surface area contributed by atoms with Crippen LogP contribution in [-0.2, 0) is 19.5 Å². The quantitative estimate of drug-likeness (QED) is 0.432. The van der Waals surface area contributed by atoms with Gasteiger partial charge >= 0.3 is 6.36 Å². The van der Waals surface area contributed by atoms with Gasteiger partial charge in [-0.15, -0.1) is 13.2 Å². The smallest absolute Gasteiger partial charge is 0.406 e. The van der Waals surface area contributed by atoms with Crippen molar-refractivity contribution in [3.05, 3.63) is 83.5 Å². The summed E-state index contributed by atoms with van der Waals surface area (Å²) in [6, 6.07) is 11.2. The summed E-state index contributed by atoms with van der Waals surface area (Å²) in [5, 5.41) is 4.01. The number of nitrogens with one attached hydrogen (secondary N) is 1. The molecule has 0 bridgehead atoms. The Bertz CT molecular complexity index is 1230. The van der Waals surface area contributed by atoms with E-state index in [1.165, 1.54) is 36.4 Å². The first-order valence-corrected chi connectivity index (χ1v) is 10.0. The number of halogens is 4. The molecule has 0 aliphatic carbocycles. The first kappa shape index (κ1) is 21.1. The minimum absolute atomic E-state index is 0.248. The van der Waals surface area contributed by atoms with E-state index >= 15 is 0 Å². The molecule has 33 heavy (non-hydrogen) atoms. The Morgan fingerprint density at radius 1 is 1.09 bits per heavy atom. The van der Waals surface area contributed by atoms with Gasteiger partial charge in [-0.25, -0.2) is 9.37 Å². The number of aromatic nitrogens is 4. The van der Waals surface area contributed by atoms with E-state index in [1.807, 2.05) is 0 Å². The lowest BCUT2D eigenvalue weighted by atomic mass is 10.0. The molecule has 1 atom stereocenters. The molecule has 170 valence electrons. The second-order valence-electron chi connectivity index (χ2n) is 7.61. The molecule has 1 aliphatic rings. The van der Waals surface area contributed by atoms with Gasteiger partial charge in [0.05, 0.1) is 23.8 Å². The summed E-state index contributed by atoms with van der Waals surface area (Å²) in [5.41, 5.74) is 3.28. The maximum Gasteiger partial charge on any atom is 0.573 e. The van der Waals surface area contributed by atoms with Gasteiger partial charge in [0.1, 0.15) is 11.6 Å². The van der Waals surface area contributed by atoms with E-state index in [1.54, 1.807) is 18.5 Å². The number of alkyl halides is 3. The van der Waals surface area contributed by atoms with Crippen molar-refractivity contribution < 1.29 is 26.8 Å². The summed E-state index contributed by atoms with van der Waals surface area (Å²) in [7, 11) is 0. The molecule has 1 aliphatic heterocycles. The third-order valence-electron chi connectivity index (χ3n) is 5.37. The molecule has 11 heteroatoms. The van der Waals surface area contributed by atoms with Crippen LogP contribution in [0.3, 0.4) is 0 Å². The zero-order valence-electron chi connectivity index (χ0n) is 17.0. The molecule has 0 amide bonds. The number of nitrogens with zero attached hydrogens (tertiary/aromatic N) is 4. The van der Waals surface area contributed by atoms with Crippen molar-refractivity contribution in [3.63, 3.8) is 0 Å². The number of benzene rings is 2. The van der Waals surface area contributed by atoms with Crippen LogP contribution in [0.1, 0.15) is 28.9 Å². The number of imidazole rings is 1. The summed E-state index contributed by atoms with van der Waals surface area (Å²) in [5.74, 6) is -0.0359. The Labute approximate surface area is 185 Å². The average Bonchev–Trinajstić information content (AvgIpc) is 3.43. The van der Waals surface area contributed by atoms with E-state index in [9.17, 15) is 17.6 Å². The minimum atomic E-state index is -4.76. The Kier molecular flexibility index (Phi) is 5.33. The Morgan fingerprint density at radius 3 is 2.58 bits per heavy atom. The van der Waals surface area contributed by atoms with Crippen LogP contribution in [0.25, 0.3) is 11.4 Å². The van der Waals surface area contributed by atoms with Gasteiger partial charge in [0.2, 0.25) is 11.7 Å². The van der Waals surface area contributed by atoms with E-state index < -0.39 is 6.36 Å². The number of H-pyrrole nitrogens is 1. The normalized spacial score (nSPS) is 16.5. The molecule has 0 unspecified atom stereocenters. The molecule has 0 fully saturated rings. The molecule has 4 aromatic rings. The van der Waals surface area contributed by atoms with Gasteiger partial charge in [0, 0.05) is 25.1 Å². The average molecular weight is 459 g/mol. The lowest BCUT2D eigenvalue weighted by Gasteiger charge is -2.32. The molecule has 5 rings (SSSR count). The molecule has 0 saturated heterocycles. The number of rotatable bonds is 5. The van der Waals surface area contributed by atoms with E-state index in [0.29, 0.717) is 31.0 Å². The second kappa shape index (κ2) is 8.32. The molecule has 2 aromatic carbocycles. The highest BCUT2D eigenvalue weighted by atomic mass is 19.4. The van der Waals surface area contributed by atoms with Crippen molar-refractivity contribution in [1.82, 2.24) is 25.0 Å². The van der Waals surface area contributed by atoms with Gasteiger partial charge in [-0.3, -0.25) is 4.90 Å². The Hall–Kier alpha value is -3.73. The van der Waals surface area contributed by atoms with Crippen molar-refractivity contribution in [1.29, 1.82) is 0 Å². The highest BCUT2D eigenvalue weighted by Crippen LogP contribution is 2.33. The molecular formula is C22H17F4N5O2. The van der Waals surface area contributed by atoms with Gasteiger partial charge < -0.3 is 14.2 Å². The third kappa shape index (κ3) is 4.72. The third-order valence-corrected chi connectivity index (χ3v) is 5.37. The van der Waals surface area contributed by atoms with Gasteiger partial charge in [0.25, 0.3) is 0 Å². The van der Waals surface area contributed by atoms with Gasteiger partial charge in [0.15, 0.2) is 0 Å². The summed E-state index contributed by atoms with van der Waals surface area (Å²) in [6.07, 6.45) is -2.60. The first-order valence-electron chi connectivity index (χ1n) is 10.0. The van der Waals surface area contributed by atoms with Crippen molar-refractivity contribution in [2.75, 3.05) is 0 Å². The maximum atomic E-state index is 13.3. The van der Waals surface area contributed by atoms with Crippen molar-refractivity contribution in [2.24, 2.45) is 0 Å². The number of hydrogen-bond acceptors (Lipinski definition) is 6. The van der Waals surface area contributed by atoms with E-state index in [4.69, 9.17) is 4.52 Å². The molecule has 0 spiro atoms. The minimum Gasteiger partial charge on any atom is -0.406 e. The highest BCUT2D eigenvalue weighted by Gasteiger charge is 2.33. The Balaban J connectivity index is 1.39. The fourth-order valence-electron chi connectivity index (χ4n) is 3.82. The zero-order chi connectivity index (χ0) is 23.0. The van der Waals surface area contributed by atoms with Crippen LogP contribution in [0.5, 0.6) is 5.75 Å². The molecule has 7 nitrogen and oxygen atoms in total. The lowest BCUT2D eigenvalue weighted by molar-refractivity contribution is -0.274. The molecule has 3 heterocycles. The molecule has 0 radical (unpaired) electrons. The molecule has 0 saturated carbocycles. The fraction of sp³-hybridized carbons (Fsp3) is 0.227. The highest BCUT2D eigenvalue weighted by molar-refractivity contribution is 5.55. The van der Waals surface area contributed by atoms with Crippen LogP contribution >= 0.6 is 0 Å². The van der Waals surface area contributed by atoms with Gasteiger partial charge in [-0.2, -0.15) is 4.98 Å². The van der Waals surface area contributed by atoms with Crippen LogP contribution in [-0.4, -0.2) is 31.4 Å². The molecular weight excluding hydrogens is 442 g/mol. The summed E-state index contributed by atoms with van der Waals surface area (Å²) in [4.78, 5) is 14.1. The van der Waals surface area contributed by atoms with E-state index in [-0.39, 0.29) is 23.4 Å². The maximum absolute atomic E-state index is 13.3. The zero-order valence-corrected chi connectivity index (χ0v) is 17.0. The SMILES string of the molecule is Fc1ccc(CN2Cc3[nH]cnc3C[C@H]2c2nc(-c3ccc(OC(F)(F)F)cc3)no2)cc1. The summed E-state index contributed by atoms with van der Waals surface area (Å²) in [6.45, 7) is 1.07. The van der Waals surface area contributed by atoms with Crippen LogP contribution in [0, 0.1) is 5.82 Å². The number of fused-ring (bicyclic) bond motifs is 1. The first-order chi connectivity index (χ1) is 15.8.